The molecular formula is C12H20OSi. The van der Waals surface area contributed by atoms with Gasteiger partial charge in [0.05, 0.1) is 0 Å². The number of benzene rings is 1. The summed E-state index contributed by atoms with van der Waals surface area (Å²) in [4.78, 5) is 0. The van der Waals surface area contributed by atoms with Gasteiger partial charge in [-0.1, -0.05) is 44.2 Å². The van der Waals surface area contributed by atoms with Gasteiger partial charge in [-0.3, -0.25) is 0 Å². The Hall–Kier alpha value is -0.603. The van der Waals surface area contributed by atoms with Gasteiger partial charge in [0.15, 0.2) is 9.76 Å². The Kier molecular flexibility index (Phi) is 4.36. The van der Waals surface area contributed by atoms with E-state index >= 15 is 0 Å². The summed E-state index contributed by atoms with van der Waals surface area (Å²) >= 11 is 0. The molecule has 0 aliphatic rings. The molecule has 0 amide bonds. The highest BCUT2D eigenvalue weighted by atomic mass is 28.2. The van der Waals surface area contributed by atoms with Crippen molar-refractivity contribution in [2.24, 2.45) is 0 Å². The van der Waals surface area contributed by atoms with Crippen molar-refractivity contribution in [3.63, 3.8) is 0 Å². The van der Waals surface area contributed by atoms with E-state index in [1.54, 1.807) is 0 Å². The lowest BCUT2D eigenvalue weighted by Gasteiger charge is -2.23. The van der Waals surface area contributed by atoms with Gasteiger partial charge in [-0.25, -0.2) is 0 Å². The molecule has 0 N–H and O–H groups in total. The van der Waals surface area contributed by atoms with Crippen molar-refractivity contribution in [3.8, 4) is 0 Å². The van der Waals surface area contributed by atoms with E-state index in [4.69, 9.17) is 4.43 Å². The maximum absolute atomic E-state index is 5.61. The molecule has 0 unspecified atom stereocenters. The fourth-order valence-corrected chi connectivity index (χ4v) is 2.73. The SMILES string of the molecule is CCO[SiH2]C(C)(C)Cc1ccccc1. The molecule has 0 fully saturated rings. The fraction of sp³-hybridized carbons (Fsp3) is 0.500. The van der Waals surface area contributed by atoms with Crippen molar-refractivity contribution in [3.05, 3.63) is 35.9 Å². The lowest BCUT2D eigenvalue weighted by molar-refractivity contribution is 0.339. The average molecular weight is 208 g/mol. The van der Waals surface area contributed by atoms with E-state index in [9.17, 15) is 0 Å². The zero-order valence-corrected chi connectivity index (χ0v) is 10.8. The molecule has 1 aromatic carbocycles. The first-order chi connectivity index (χ1) is 6.64. The molecule has 0 saturated heterocycles. The highest BCUT2D eigenvalue weighted by Gasteiger charge is 2.19. The summed E-state index contributed by atoms with van der Waals surface area (Å²) in [5.74, 6) is 0. The zero-order chi connectivity index (χ0) is 10.4. The zero-order valence-electron chi connectivity index (χ0n) is 9.42. The molecule has 0 saturated carbocycles. The first-order valence-electron chi connectivity index (χ1n) is 5.26. The van der Waals surface area contributed by atoms with Crippen LogP contribution in [-0.4, -0.2) is 16.4 Å². The maximum atomic E-state index is 5.61. The molecule has 0 atom stereocenters. The van der Waals surface area contributed by atoms with Crippen molar-refractivity contribution >= 4 is 9.76 Å². The molecule has 2 heteroatoms. The van der Waals surface area contributed by atoms with Gasteiger partial charge < -0.3 is 4.43 Å². The highest BCUT2D eigenvalue weighted by Crippen LogP contribution is 2.27. The largest absolute Gasteiger partial charge is 0.424 e. The van der Waals surface area contributed by atoms with E-state index in [-0.39, 0.29) is 0 Å². The quantitative estimate of drug-likeness (QED) is 0.676. The Labute approximate surface area is 89.4 Å². The molecule has 0 radical (unpaired) electrons. The Morgan fingerprint density at radius 3 is 2.43 bits per heavy atom. The van der Waals surface area contributed by atoms with Crippen LogP contribution in [0, 0.1) is 0 Å². The summed E-state index contributed by atoms with van der Waals surface area (Å²) in [6.45, 7) is 7.56. The van der Waals surface area contributed by atoms with Gasteiger partial charge in [-0.2, -0.15) is 0 Å². The molecular weight excluding hydrogens is 188 g/mol. The van der Waals surface area contributed by atoms with E-state index < -0.39 is 9.76 Å². The molecule has 14 heavy (non-hydrogen) atoms. The van der Waals surface area contributed by atoms with Gasteiger partial charge in [-0.05, 0) is 23.9 Å². The van der Waals surface area contributed by atoms with Gasteiger partial charge in [-0.15, -0.1) is 0 Å². The molecule has 1 aromatic rings. The first kappa shape index (κ1) is 11.5. The average Bonchev–Trinajstić information content (AvgIpc) is 2.16. The molecule has 0 aliphatic carbocycles. The third-order valence-electron chi connectivity index (χ3n) is 2.22. The van der Waals surface area contributed by atoms with Gasteiger partial charge >= 0.3 is 0 Å². The predicted octanol–water partition coefficient (Wildman–Crippen LogP) is 2.55. The number of hydrogen-bond acceptors (Lipinski definition) is 1. The van der Waals surface area contributed by atoms with Crippen LogP contribution < -0.4 is 0 Å². The van der Waals surface area contributed by atoms with Crippen molar-refractivity contribution in [1.29, 1.82) is 0 Å². The minimum Gasteiger partial charge on any atom is -0.424 e. The summed E-state index contributed by atoms with van der Waals surface area (Å²) in [6.07, 6.45) is 1.14. The van der Waals surface area contributed by atoms with E-state index in [0.717, 1.165) is 13.0 Å². The molecule has 0 aromatic heterocycles. The van der Waals surface area contributed by atoms with Crippen LogP contribution in [0.4, 0.5) is 0 Å². The minimum atomic E-state index is -0.405. The maximum Gasteiger partial charge on any atom is 0.167 e. The second-order valence-electron chi connectivity index (χ2n) is 4.46. The smallest absolute Gasteiger partial charge is 0.167 e. The van der Waals surface area contributed by atoms with Crippen LogP contribution in [0.1, 0.15) is 26.3 Å². The lowest BCUT2D eigenvalue weighted by Crippen LogP contribution is -2.18. The van der Waals surface area contributed by atoms with Crippen molar-refractivity contribution in [1.82, 2.24) is 0 Å². The van der Waals surface area contributed by atoms with E-state index in [1.807, 2.05) is 0 Å². The summed E-state index contributed by atoms with van der Waals surface area (Å²) in [7, 11) is -0.405. The Morgan fingerprint density at radius 1 is 1.21 bits per heavy atom. The van der Waals surface area contributed by atoms with E-state index in [0.29, 0.717) is 5.04 Å². The minimum absolute atomic E-state index is 0.372. The van der Waals surface area contributed by atoms with Crippen molar-refractivity contribution in [2.45, 2.75) is 32.2 Å². The Bertz CT molecular complexity index is 256. The molecule has 0 bridgehead atoms. The summed E-state index contributed by atoms with van der Waals surface area (Å²) in [5.41, 5.74) is 1.42. The molecule has 0 aliphatic heterocycles. The Balaban J connectivity index is 2.50. The Morgan fingerprint density at radius 2 is 1.86 bits per heavy atom. The topological polar surface area (TPSA) is 9.23 Å². The van der Waals surface area contributed by atoms with Crippen LogP contribution in [0.25, 0.3) is 0 Å². The highest BCUT2D eigenvalue weighted by molar-refractivity contribution is 6.32. The van der Waals surface area contributed by atoms with Crippen LogP contribution in [0.2, 0.25) is 5.04 Å². The number of rotatable bonds is 5. The second-order valence-corrected chi connectivity index (χ2v) is 7.07. The normalized spacial score (nSPS) is 12.5. The van der Waals surface area contributed by atoms with Crippen LogP contribution in [0.3, 0.4) is 0 Å². The lowest BCUT2D eigenvalue weighted by atomic mass is 10.0. The predicted molar refractivity (Wildman–Crippen MR) is 64.4 cm³/mol. The monoisotopic (exact) mass is 208 g/mol. The molecule has 1 nitrogen and oxygen atoms in total. The third kappa shape index (κ3) is 4.07. The first-order valence-corrected chi connectivity index (χ1v) is 6.54. The van der Waals surface area contributed by atoms with Gasteiger partial charge in [0.25, 0.3) is 0 Å². The fourth-order valence-electron chi connectivity index (χ4n) is 1.58. The molecule has 78 valence electrons. The summed E-state index contributed by atoms with van der Waals surface area (Å²) < 4.78 is 5.61. The van der Waals surface area contributed by atoms with Crippen LogP contribution >= 0.6 is 0 Å². The summed E-state index contributed by atoms with van der Waals surface area (Å²) in [6, 6.07) is 10.7. The van der Waals surface area contributed by atoms with Crippen molar-refractivity contribution in [2.75, 3.05) is 6.61 Å². The van der Waals surface area contributed by atoms with E-state index in [1.165, 1.54) is 5.56 Å². The van der Waals surface area contributed by atoms with Crippen molar-refractivity contribution < 1.29 is 4.43 Å². The van der Waals surface area contributed by atoms with Crippen LogP contribution in [0.5, 0.6) is 0 Å². The van der Waals surface area contributed by atoms with Gasteiger partial charge in [0.1, 0.15) is 0 Å². The van der Waals surface area contributed by atoms with Gasteiger partial charge in [0.2, 0.25) is 0 Å². The standard InChI is InChI=1S/C12H20OSi/c1-4-13-14-12(2,3)10-11-8-6-5-7-9-11/h5-9H,4,10,14H2,1-3H3. The van der Waals surface area contributed by atoms with Crippen LogP contribution in [-0.2, 0) is 10.8 Å². The second kappa shape index (κ2) is 5.32. The molecule has 0 spiro atoms. The molecule has 0 heterocycles. The summed E-state index contributed by atoms with van der Waals surface area (Å²) in [5, 5.41) is 0.372. The van der Waals surface area contributed by atoms with Crippen LogP contribution in [0.15, 0.2) is 30.3 Å². The third-order valence-corrected chi connectivity index (χ3v) is 3.87. The van der Waals surface area contributed by atoms with Gasteiger partial charge in [0, 0.05) is 6.61 Å². The number of hydrogen-bond donors (Lipinski definition) is 0. The van der Waals surface area contributed by atoms with E-state index in [2.05, 4.69) is 51.1 Å². The molecule has 1 rings (SSSR count).